The van der Waals surface area contributed by atoms with Crippen LogP contribution in [0.3, 0.4) is 0 Å². The number of pyridine rings is 1. The van der Waals surface area contributed by atoms with Gasteiger partial charge in [-0.3, -0.25) is 14.7 Å². The maximum Gasteiger partial charge on any atom is 0.490 e. The van der Waals surface area contributed by atoms with E-state index in [1.54, 1.807) is 0 Å². The van der Waals surface area contributed by atoms with Crippen LogP contribution in [0.15, 0.2) is 36.7 Å². The number of carbonyl (C=O) groups excluding carboxylic acids is 1. The lowest BCUT2D eigenvalue weighted by Gasteiger charge is -2.46. The van der Waals surface area contributed by atoms with Crippen molar-refractivity contribution in [3.8, 4) is 0 Å². The number of hydrogen-bond donors (Lipinski definition) is 1. The van der Waals surface area contributed by atoms with Crippen LogP contribution in [0.25, 0.3) is 0 Å². The van der Waals surface area contributed by atoms with Gasteiger partial charge in [0.2, 0.25) is 5.91 Å². The smallest absolute Gasteiger partial charge is 0.475 e. The van der Waals surface area contributed by atoms with Crippen LogP contribution in [0.4, 0.5) is 13.2 Å². The van der Waals surface area contributed by atoms with Crippen molar-refractivity contribution in [2.45, 2.75) is 57.7 Å². The normalized spacial score (nSPS) is 21.0. The molecule has 4 rings (SSSR count). The SMILES string of the molecule is O=C(CC1CCC2(CC1)CCN(Cc1cccnc1)CC2)N1CC=CC1.O=C(O)C(F)(F)F. The molecule has 9 heteroatoms. The lowest BCUT2D eigenvalue weighted by Crippen LogP contribution is -2.42. The Hall–Kier alpha value is -2.42. The number of hydrogen-bond acceptors (Lipinski definition) is 4. The molecule has 1 aliphatic carbocycles. The Morgan fingerprint density at radius 2 is 1.70 bits per heavy atom. The van der Waals surface area contributed by atoms with E-state index in [2.05, 4.69) is 28.1 Å². The molecule has 6 nitrogen and oxygen atoms in total. The number of aliphatic carboxylic acids is 1. The van der Waals surface area contributed by atoms with Crippen LogP contribution in [-0.2, 0) is 16.1 Å². The number of carbonyl (C=O) groups is 2. The summed E-state index contributed by atoms with van der Waals surface area (Å²) in [5, 5.41) is 7.12. The van der Waals surface area contributed by atoms with Crippen molar-refractivity contribution < 1.29 is 27.9 Å². The molecule has 1 spiro atoms. The summed E-state index contributed by atoms with van der Waals surface area (Å²) in [7, 11) is 0. The van der Waals surface area contributed by atoms with Crippen molar-refractivity contribution in [2.24, 2.45) is 11.3 Å². The van der Waals surface area contributed by atoms with Crippen LogP contribution >= 0.6 is 0 Å². The molecule has 182 valence electrons. The Morgan fingerprint density at radius 3 is 2.21 bits per heavy atom. The highest BCUT2D eigenvalue weighted by Gasteiger charge is 2.39. The molecule has 1 aromatic rings. The van der Waals surface area contributed by atoms with Gasteiger partial charge in [0.1, 0.15) is 0 Å². The second-order valence-electron chi connectivity index (χ2n) is 9.36. The lowest BCUT2D eigenvalue weighted by molar-refractivity contribution is -0.192. The van der Waals surface area contributed by atoms with Gasteiger partial charge in [-0.25, -0.2) is 4.79 Å². The van der Waals surface area contributed by atoms with Crippen molar-refractivity contribution in [2.75, 3.05) is 26.2 Å². The summed E-state index contributed by atoms with van der Waals surface area (Å²) in [5.41, 5.74) is 1.88. The van der Waals surface area contributed by atoms with Crippen LogP contribution in [0, 0.1) is 11.3 Å². The molecular formula is C24H32F3N3O3. The number of halogens is 3. The monoisotopic (exact) mass is 467 g/mol. The Labute approximate surface area is 192 Å². The van der Waals surface area contributed by atoms with Crippen molar-refractivity contribution in [1.82, 2.24) is 14.8 Å². The fraction of sp³-hybridized carbons (Fsp3) is 0.625. The topological polar surface area (TPSA) is 73.7 Å². The first kappa shape index (κ1) is 25.2. The van der Waals surface area contributed by atoms with Gasteiger partial charge < -0.3 is 10.0 Å². The third-order valence-electron chi connectivity index (χ3n) is 7.09. The van der Waals surface area contributed by atoms with Crippen LogP contribution in [0.5, 0.6) is 0 Å². The van der Waals surface area contributed by atoms with Crippen LogP contribution in [-0.4, -0.2) is 64.1 Å². The fourth-order valence-electron chi connectivity index (χ4n) is 4.99. The first-order chi connectivity index (χ1) is 15.7. The molecule has 2 aliphatic heterocycles. The minimum absolute atomic E-state index is 0.363. The molecule has 1 amide bonds. The van der Waals surface area contributed by atoms with Crippen molar-refractivity contribution >= 4 is 11.9 Å². The number of amides is 1. The maximum atomic E-state index is 12.4. The maximum absolute atomic E-state index is 12.4. The van der Waals surface area contributed by atoms with Gasteiger partial charge in [-0.2, -0.15) is 13.2 Å². The van der Waals surface area contributed by atoms with E-state index in [4.69, 9.17) is 9.90 Å². The third-order valence-corrected chi connectivity index (χ3v) is 7.09. The third kappa shape index (κ3) is 7.55. The highest BCUT2D eigenvalue weighted by atomic mass is 19.4. The Kier molecular flexibility index (Phi) is 8.51. The van der Waals surface area contributed by atoms with Gasteiger partial charge in [0, 0.05) is 38.4 Å². The van der Waals surface area contributed by atoms with Gasteiger partial charge in [0.05, 0.1) is 0 Å². The predicted octanol–water partition coefficient (Wildman–Crippen LogP) is 4.28. The summed E-state index contributed by atoms with van der Waals surface area (Å²) in [6, 6.07) is 4.21. The molecule has 0 aromatic carbocycles. The van der Waals surface area contributed by atoms with E-state index in [1.807, 2.05) is 23.4 Å². The molecule has 0 bridgehead atoms. The molecule has 2 fully saturated rings. The van der Waals surface area contributed by atoms with Gasteiger partial charge in [-0.1, -0.05) is 18.2 Å². The minimum Gasteiger partial charge on any atom is -0.475 e. The Balaban J connectivity index is 0.000000383. The Bertz CT molecular complexity index is 803. The molecule has 0 unspecified atom stereocenters. The van der Waals surface area contributed by atoms with Crippen LogP contribution < -0.4 is 0 Å². The molecule has 0 atom stereocenters. The van der Waals surface area contributed by atoms with Gasteiger partial charge in [0.15, 0.2) is 0 Å². The van der Waals surface area contributed by atoms with E-state index in [1.165, 1.54) is 57.2 Å². The lowest BCUT2D eigenvalue weighted by atomic mass is 9.65. The van der Waals surface area contributed by atoms with E-state index < -0.39 is 12.1 Å². The summed E-state index contributed by atoms with van der Waals surface area (Å²) in [6.07, 6.45) is 11.5. The summed E-state index contributed by atoms with van der Waals surface area (Å²) < 4.78 is 31.7. The minimum atomic E-state index is -5.08. The first-order valence-electron chi connectivity index (χ1n) is 11.5. The van der Waals surface area contributed by atoms with E-state index in [0.717, 1.165) is 26.1 Å². The van der Waals surface area contributed by atoms with Crippen LogP contribution in [0.1, 0.15) is 50.5 Å². The van der Waals surface area contributed by atoms with Gasteiger partial charge in [-0.05, 0) is 74.6 Å². The van der Waals surface area contributed by atoms with Crippen molar-refractivity contribution in [3.05, 3.63) is 42.2 Å². The molecule has 3 aliphatic rings. The second-order valence-corrected chi connectivity index (χ2v) is 9.36. The zero-order chi connectivity index (χ0) is 23.9. The summed E-state index contributed by atoms with van der Waals surface area (Å²) in [6.45, 7) is 5.09. The van der Waals surface area contributed by atoms with Crippen molar-refractivity contribution in [3.63, 3.8) is 0 Å². The molecule has 3 heterocycles. The van der Waals surface area contributed by atoms with E-state index in [9.17, 15) is 18.0 Å². The molecule has 33 heavy (non-hydrogen) atoms. The Morgan fingerprint density at radius 1 is 1.09 bits per heavy atom. The van der Waals surface area contributed by atoms with E-state index in [-0.39, 0.29) is 0 Å². The highest BCUT2D eigenvalue weighted by Crippen LogP contribution is 2.47. The number of carboxylic acids is 1. The number of rotatable bonds is 4. The number of alkyl halides is 3. The van der Waals surface area contributed by atoms with E-state index in [0.29, 0.717) is 17.2 Å². The number of likely N-dealkylation sites (tertiary alicyclic amines) is 1. The van der Waals surface area contributed by atoms with Crippen LogP contribution in [0.2, 0.25) is 0 Å². The number of carboxylic acid groups (broad SMARTS) is 1. The van der Waals surface area contributed by atoms with E-state index >= 15 is 0 Å². The number of nitrogens with zero attached hydrogens (tertiary/aromatic N) is 3. The summed E-state index contributed by atoms with van der Waals surface area (Å²) in [5.74, 6) is -1.78. The van der Waals surface area contributed by atoms with Gasteiger partial charge in [0.25, 0.3) is 0 Å². The zero-order valence-corrected chi connectivity index (χ0v) is 18.8. The quantitative estimate of drug-likeness (QED) is 0.670. The molecule has 1 saturated heterocycles. The molecule has 0 radical (unpaired) electrons. The average Bonchev–Trinajstić information content (AvgIpc) is 3.33. The molecule has 1 N–H and O–H groups in total. The highest BCUT2D eigenvalue weighted by molar-refractivity contribution is 5.77. The molecular weight excluding hydrogens is 435 g/mol. The standard InChI is InChI=1S/C22H31N3O.C2HF3O2/c26-21(25-12-1-2-13-25)16-19-5-7-22(8-6-19)9-14-24(15-10-22)18-20-4-3-11-23-17-20;3-2(4,5)1(6)7/h1-4,11,17,19H,5-10,12-16,18H2;(H,6,7). The summed E-state index contributed by atoms with van der Waals surface area (Å²) >= 11 is 0. The number of piperidine rings is 1. The second kappa shape index (κ2) is 11.1. The number of aromatic nitrogens is 1. The van der Waals surface area contributed by atoms with Gasteiger partial charge >= 0.3 is 12.1 Å². The first-order valence-corrected chi connectivity index (χ1v) is 11.5. The largest absolute Gasteiger partial charge is 0.490 e. The van der Waals surface area contributed by atoms with Gasteiger partial charge in [-0.15, -0.1) is 0 Å². The zero-order valence-electron chi connectivity index (χ0n) is 18.8. The fourth-order valence-corrected chi connectivity index (χ4v) is 4.99. The predicted molar refractivity (Wildman–Crippen MR) is 117 cm³/mol. The molecule has 1 aromatic heterocycles. The summed E-state index contributed by atoms with van der Waals surface area (Å²) in [4.78, 5) is 30.1. The average molecular weight is 468 g/mol. The van der Waals surface area contributed by atoms with Crippen molar-refractivity contribution in [1.29, 1.82) is 0 Å². The molecule has 1 saturated carbocycles.